The van der Waals surface area contributed by atoms with Crippen molar-refractivity contribution in [3.8, 4) is 11.8 Å². The molecule has 3 heterocycles. The van der Waals surface area contributed by atoms with Gasteiger partial charge in [-0.1, -0.05) is 6.08 Å². The first kappa shape index (κ1) is 18.3. The Morgan fingerprint density at radius 3 is 3.14 bits per heavy atom. The SMILES string of the molecule is Cc1cnc(Nc2ccc3c(c2)OB(O)C=C3)nc1N[C@@H]1COCC[C@H]1C#N. The number of anilines is 3. The van der Waals surface area contributed by atoms with Crippen LogP contribution < -0.4 is 15.3 Å². The van der Waals surface area contributed by atoms with Crippen molar-refractivity contribution in [3.05, 3.63) is 41.5 Å². The highest BCUT2D eigenvalue weighted by Gasteiger charge is 2.26. The number of aromatic nitrogens is 2. The number of nitriles is 1. The highest BCUT2D eigenvalue weighted by Crippen LogP contribution is 2.29. The number of hydrogen-bond donors (Lipinski definition) is 3. The Kier molecular flexibility index (Phi) is 5.15. The van der Waals surface area contributed by atoms with Crippen LogP contribution in [0.4, 0.5) is 17.5 Å². The van der Waals surface area contributed by atoms with Crippen LogP contribution in [0.25, 0.3) is 6.08 Å². The van der Waals surface area contributed by atoms with Crippen LogP contribution in [0.3, 0.4) is 0 Å². The summed E-state index contributed by atoms with van der Waals surface area (Å²) in [5.74, 6) is 3.14. The maximum absolute atomic E-state index is 9.61. The molecule has 9 heteroatoms. The summed E-state index contributed by atoms with van der Waals surface area (Å²) in [6, 6.07) is 7.81. The number of nitrogens with zero attached hydrogens (tertiary/aromatic N) is 3. The van der Waals surface area contributed by atoms with E-state index in [0.717, 1.165) is 16.8 Å². The molecule has 0 radical (unpaired) electrons. The highest BCUT2D eigenvalue weighted by molar-refractivity contribution is 6.51. The number of benzene rings is 1. The molecule has 1 saturated heterocycles. The first-order valence-electron chi connectivity index (χ1n) is 9.14. The van der Waals surface area contributed by atoms with Crippen molar-refractivity contribution < 1.29 is 14.4 Å². The van der Waals surface area contributed by atoms with E-state index in [1.807, 2.05) is 25.1 Å². The van der Waals surface area contributed by atoms with Gasteiger partial charge in [-0.05, 0) is 31.5 Å². The maximum atomic E-state index is 9.61. The van der Waals surface area contributed by atoms with Gasteiger partial charge in [-0.3, -0.25) is 0 Å². The molecule has 3 N–H and O–H groups in total. The second-order valence-electron chi connectivity index (χ2n) is 6.82. The minimum atomic E-state index is -0.944. The molecule has 2 aliphatic rings. The zero-order chi connectivity index (χ0) is 19.5. The molecule has 1 aromatic carbocycles. The van der Waals surface area contributed by atoms with Gasteiger partial charge in [0.2, 0.25) is 5.95 Å². The molecule has 142 valence electrons. The van der Waals surface area contributed by atoms with Crippen LogP contribution in [0, 0.1) is 24.2 Å². The van der Waals surface area contributed by atoms with E-state index in [4.69, 9.17) is 9.39 Å². The molecule has 0 amide bonds. The molecular weight excluding hydrogens is 357 g/mol. The molecule has 0 unspecified atom stereocenters. The lowest BCUT2D eigenvalue weighted by molar-refractivity contribution is 0.0698. The van der Waals surface area contributed by atoms with Crippen LogP contribution in [-0.2, 0) is 4.74 Å². The lowest BCUT2D eigenvalue weighted by atomic mass is 9.86. The summed E-state index contributed by atoms with van der Waals surface area (Å²) < 4.78 is 10.9. The second kappa shape index (κ2) is 7.88. The predicted octanol–water partition coefficient (Wildman–Crippen LogP) is 2.29. The Morgan fingerprint density at radius 2 is 2.29 bits per heavy atom. The first-order valence-corrected chi connectivity index (χ1v) is 9.14. The normalized spacial score (nSPS) is 20.7. The van der Waals surface area contributed by atoms with E-state index in [-0.39, 0.29) is 12.0 Å². The summed E-state index contributed by atoms with van der Waals surface area (Å²) >= 11 is 0. The van der Waals surface area contributed by atoms with E-state index in [0.29, 0.717) is 37.2 Å². The number of hydrogen-bond acceptors (Lipinski definition) is 8. The fourth-order valence-electron chi connectivity index (χ4n) is 3.20. The quantitative estimate of drug-likeness (QED) is 0.696. The summed E-state index contributed by atoms with van der Waals surface area (Å²) in [6.45, 7) is 3.00. The summed E-state index contributed by atoms with van der Waals surface area (Å²) in [6.07, 6.45) is 4.25. The lowest BCUT2D eigenvalue weighted by Gasteiger charge is -2.28. The van der Waals surface area contributed by atoms with E-state index in [2.05, 4.69) is 26.7 Å². The van der Waals surface area contributed by atoms with Crippen molar-refractivity contribution >= 4 is 30.6 Å². The van der Waals surface area contributed by atoms with Crippen LogP contribution in [0.5, 0.6) is 5.75 Å². The van der Waals surface area contributed by atoms with Crippen molar-refractivity contribution in [3.63, 3.8) is 0 Å². The summed E-state index contributed by atoms with van der Waals surface area (Å²) in [7, 11) is -0.944. The summed E-state index contributed by atoms with van der Waals surface area (Å²) in [4.78, 5) is 8.89. The molecule has 2 aliphatic heterocycles. The minimum Gasteiger partial charge on any atom is -0.532 e. The third kappa shape index (κ3) is 3.93. The third-order valence-corrected chi connectivity index (χ3v) is 4.77. The number of nitrogens with one attached hydrogen (secondary N) is 2. The molecule has 0 aliphatic carbocycles. The van der Waals surface area contributed by atoms with Crippen LogP contribution in [0.1, 0.15) is 17.5 Å². The van der Waals surface area contributed by atoms with Crippen molar-refractivity contribution in [2.24, 2.45) is 5.92 Å². The minimum absolute atomic E-state index is 0.106. The first-order chi connectivity index (χ1) is 13.6. The van der Waals surface area contributed by atoms with Gasteiger partial charge in [0, 0.05) is 35.7 Å². The van der Waals surface area contributed by atoms with E-state index in [9.17, 15) is 10.3 Å². The topological polar surface area (TPSA) is 112 Å². The van der Waals surface area contributed by atoms with Gasteiger partial charge < -0.3 is 25.0 Å². The number of fused-ring (bicyclic) bond motifs is 1. The van der Waals surface area contributed by atoms with Crippen molar-refractivity contribution in [1.82, 2.24) is 9.97 Å². The molecule has 0 bridgehead atoms. The van der Waals surface area contributed by atoms with E-state index >= 15 is 0 Å². The molecule has 2 aromatic rings. The van der Waals surface area contributed by atoms with Crippen molar-refractivity contribution in [2.45, 2.75) is 19.4 Å². The second-order valence-corrected chi connectivity index (χ2v) is 6.82. The predicted molar refractivity (Wildman–Crippen MR) is 106 cm³/mol. The van der Waals surface area contributed by atoms with Gasteiger partial charge in [-0.2, -0.15) is 10.2 Å². The van der Waals surface area contributed by atoms with Gasteiger partial charge in [-0.15, -0.1) is 0 Å². The Balaban J connectivity index is 1.52. The van der Waals surface area contributed by atoms with Gasteiger partial charge >= 0.3 is 7.12 Å². The van der Waals surface area contributed by atoms with E-state index < -0.39 is 7.12 Å². The molecule has 1 aromatic heterocycles. The smallest absolute Gasteiger partial charge is 0.532 e. The van der Waals surface area contributed by atoms with E-state index in [1.165, 1.54) is 0 Å². The molecule has 28 heavy (non-hydrogen) atoms. The molecule has 1 fully saturated rings. The number of aryl methyl sites for hydroxylation is 1. The maximum Gasteiger partial charge on any atom is 0.552 e. The molecule has 8 nitrogen and oxygen atoms in total. The average Bonchev–Trinajstić information content (AvgIpc) is 2.70. The van der Waals surface area contributed by atoms with E-state index in [1.54, 1.807) is 18.2 Å². The van der Waals surface area contributed by atoms with Gasteiger partial charge in [0.15, 0.2) is 0 Å². The zero-order valence-corrected chi connectivity index (χ0v) is 15.4. The standard InChI is InChI=1S/C19H20BN5O3/c1-12-10-22-19(25-18(12)24-16-11-27-7-5-14(16)9-21)23-15-3-2-13-4-6-20(26)28-17(13)8-15/h2-4,6,8,10,14,16,26H,5,7,11H2,1H3,(H2,22,23,24,25)/t14-,16+/m0/s1. The van der Waals surface area contributed by atoms with Crippen LogP contribution in [0.2, 0.25) is 0 Å². The lowest BCUT2D eigenvalue weighted by Crippen LogP contribution is -2.38. The highest BCUT2D eigenvalue weighted by atomic mass is 16.5. The number of ether oxygens (including phenoxy) is 1. The average molecular weight is 377 g/mol. The Morgan fingerprint density at radius 1 is 1.39 bits per heavy atom. The summed E-state index contributed by atoms with van der Waals surface area (Å²) in [5.41, 5.74) is 2.52. The third-order valence-electron chi connectivity index (χ3n) is 4.77. The molecule has 0 saturated carbocycles. The molecular formula is C19H20BN5O3. The Bertz CT molecular complexity index is 946. The van der Waals surface area contributed by atoms with Crippen molar-refractivity contribution in [2.75, 3.05) is 23.8 Å². The van der Waals surface area contributed by atoms with Gasteiger partial charge in [0.1, 0.15) is 11.6 Å². The van der Waals surface area contributed by atoms with Gasteiger partial charge in [-0.25, -0.2) is 4.98 Å². The number of rotatable bonds is 4. The fourth-order valence-corrected chi connectivity index (χ4v) is 3.20. The van der Waals surface area contributed by atoms with Gasteiger partial charge in [0.25, 0.3) is 0 Å². The zero-order valence-electron chi connectivity index (χ0n) is 15.4. The Hall–Kier alpha value is -3.09. The largest absolute Gasteiger partial charge is 0.552 e. The van der Waals surface area contributed by atoms with Crippen LogP contribution in [-0.4, -0.2) is 41.4 Å². The van der Waals surface area contributed by atoms with Crippen LogP contribution >= 0.6 is 0 Å². The van der Waals surface area contributed by atoms with Crippen molar-refractivity contribution in [1.29, 1.82) is 5.26 Å². The molecule has 2 atom stereocenters. The van der Waals surface area contributed by atoms with Crippen LogP contribution in [0.15, 0.2) is 30.4 Å². The fraction of sp³-hybridized carbons (Fsp3) is 0.316. The van der Waals surface area contributed by atoms with Gasteiger partial charge in [0.05, 0.1) is 24.6 Å². The molecule has 4 rings (SSSR count). The Labute approximate surface area is 163 Å². The monoisotopic (exact) mass is 377 g/mol. The molecule has 0 spiro atoms. The summed E-state index contributed by atoms with van der Waals surface area (Å²) in [5, 5.41) is 25.4.